The van der Waals surface area contributed by atoms with E-state index in [4.69, 9.17) is 0 Å². The van der Waals surface area contributed by atoms with Gasteiger partial charge in [-0.15, -0.1) is 0 Å². The molecule has 0 saturated carbocycles. The van der Waals surface area contributed by atoms with Crippen molar-refractivity contribution < 1.29 is 5.11 Å². The zero-order valence-corrected chi connectivity index (χ0v) is 10.6. The van der Waals surface area contributed by atoms with E-state index in [9.17, 15) is 5.11 Å². The second-order valence-corrected chi connectivity index (χ2v) is 5.48. The average molecular weight is 226 g/mol. The fraction of sp³-hybridized carbons (Fsp3) is 1.00. The second-order valence-electron chi connectivity index (χ2n) is 5.48. The molecule has 0 bridgehead atoms. The largest absolute Gasteiger partial charge is 0.392 e. The van der Waals surface area contributed by atoms with E-state index in [0.29, 0.717) is 0 Å². The van der Waals surface area contributed by atoms with Gasteiger partial charge in [0.05, 0.1) is 6.10 Å². The van der Waals surface area contributed by atoms with Gasteiger partial charge in [0.15, 0.2) is 0 Å². The molecule has 3 heteroatoms. The molecular weight excluding hydrogens is 200 g/mol. The summed E-state index contributed by atoms with van der Waals surface area (Å²) in [6, 6.07) is 0.825. The maximum Gasteiger partial charge on any atom is 0.0639 e. The molecule has 0 aromatic rings. The van der Waals surface area contributed by atoms with Crippen LogP contribution in [0.25, 0.3) is 0 Å². The smallest absolute Gasteiger partial charge is 0.0639 e. The van der Waals surface area contributed by atoms with Gasteiger partial charge in [0.25, 0.3) is 0 Å². The molecule has 0 aromatic carbocycles. The van der Waals surface area contributed by atoms with Gasteiger partial charge in [-0.05, 0) is 58.8 Å². The zero-order chi connectivity index (χ0) is 11.4. The number of nitrogens with zero attached hydrogens (tertiary/aromatic N) is 2. The molecule has 0 amide bonds. The summed E-state index contributed by atoms with van der Waals surface area (Å²) in [5.41, 5.74) is 0. The van der Waals surface area contributed by atoms with Gasteiger partial charge in [0, 0.05) is 12.6 Å². The van der Waals surface area contributed by atoms with Crippen molar-refractivity contribution in [2.45, 2.75) is 51.2 Å². The van der Waals surface area contributed by atoms with E-state index < -0.39 is 0 Å². The third-order valence-corrected chi connectivity index (χ3v) is 3.99. The second kappa shape index (κ2) is 5.99. The van der Waals surface area contributed by atoms with Gasteiger partial charge in [-0.25, -0.2) is 0 Å². The Morgan fingerprint density at radius 2 is 1.69 bits per heavy atom. The van der Waals surface area contributed by atoms with Crippen LogP contribution in [0.2, 0.25) is 0 Å². The molecule has 2 fully saturated rings. The van der Waals surface area contributed by atoms with Crippen molar-refractivity contribution in [3.05, 3.63) is 0 Å². The third kappa shape index (κ3) is 3.44. The van der Waals surface area contributed by atoms with Crippen molar-refractivity contribution in [3.63, 3.8) is 0 Å². The molecule has 1 atom stereocenters. The van der Waals surface area contributed by atoms with E-state index in [1.807, 2.05) is 6.92 Å². The van der Waals surface area contributed by atoms with Crippen LogP contribution in [0.15, 0.2) is 0 Å². The fourth-order valence-electron chi connectivity index (χ4n) is 3.12. The Hall–Kier alpha value is -0.120. The Morgan fingerprint density at radius 3 is 2.25 bits per heavy atom. The Balaban J connectivity index is 1.71. The van der Waals surface area contributed by atoms with E-state index >= 15 is 0 Å². The number of hydrogen-bond acceptors (Lipinski definition) is 3. The first-order chi connectivity index (χ1) is 7.75. The molecule has 2 aliphatic heterocycles. The highest BCUT2D eigenvalue weighted by Gasteiger charge is 2.25. The van der Waals surface area contributed by atoms with Crippen LogP contribution in [0.5, 0.6) is 0 Å². The lowest BCUT2D eigenvalue weighted by atomic mass is 10.00. The van der Waals surface area contributed by atoms with Crippen LogP contribution in [0.3, 0.4) is 0 Å². The third-order valence-electron chi connectivity index (χ3n) is 3.99. The molecule has 94 valence electrons. The maximum atomic E-state index is 9.37. The molecule has 2 rings (SSSR count). The molecule has 3 nitrogen and oxygen atoms in total. The highest BCUT2D eigenvalue weighted by atomic mass is 16.3. The van der Waals surface area contributed by atoms with E-state index in [1.54, 1.807) is 0 Å². The van der Waals surface area contributed by atoms with E-state index in [0.717, 1.165) is 12.6 Å². The van der Waals surface area contributed by atoms with E-state index in [2.05, 4.69) is 9.80 Å². The van der Waals surface area contributed by atoms with Crippen molar-refractivity contribution >= 4 is 0 Å². The summed E-state index contributed by atoms with van der Waals surface area (Å²) >= 11 is 0. The lowest BCUT2D eigenvalue weighted by Gasteiger charge is -2.40. The van der Waals surface area contributed by atoms with Gasteiger partial charge in [0.2, 0.25) is 0 Å². The zero-order valence-electron chi connectivity index (χ0n) is 10.6. The Morgan fingerprint density at radius 1 is 1.06 bits per heavy atom. The first kappa shape index (κ1) is 12.3. The first-order valence-electron chi connectivity index (χ1n) is 6.90. The summed E-state index contributed by atoms with van der Waals surface area (Å²) in [7, 11) is 0. The molecule has 2 saturated heterocycles. The molecule has 0 radical (unpaired) electrons. The van der Waals surface area contributed by atoms with Crippen LogP contribution >= 0.6 is 0 Å². The number of aliphatic hydroxyl groups is 1. The summed E-state index contributed by atoms with van der Waals surface area (Å²) < 4.78 is 0. The molecule has 0 spiro atoms. The summed E-state index contributed by atoms with van der Waals surface area (Å²) in [6.45, 7) is 7.73. The number of piperidine rings is 2. The number of likely N-dealkylation sites (tertiary alicyclic amines) is 2. The molecule has 2 aliphatic rings. The highest BCUT2D eigenvalue weighted by molar-refractivity contribution is 4.81. The Kier molecular flexibility index (Phi) is 4.62. The molecule has 2 heterocycles. The van der Waals surface area contributed by atoms with Gasteiger partial charge in [-0.3, -0.25) is 0 Å². The SMILES string of the molecule is CC(O)CN1CCC(N2CCCCC2)CC1. The lowest BCUT2D eigenvalue weighted by Crippen LogP contribution is -2.47. The summed E-state index contributed by atoms with van der Waals surface area (Å²) in [6.07, 6.45) is 6.64. The van der Waals surface area contributed by atoms with E-state index in [-0.39, 0.29) is 6.10 Å². The quantitative estimate of drug-likeness (QED) is 0.786. The van der Waals surface area contributed by atoms with Crippen molar-refractivity contribution in [1.29, 1.82) is 0 Å². The number of aliphatic hydroxyl groups excluding tert-OH is 1. The van der Waals surface area contributed by atoms with Gasteiger partial charge < -0.3 is 14.9 Å². The predicted octanol–water partition coefficient (Wildman–Crippen LogP) is 1.32. The van der Waals surface area contributed by atoms with Crippen LogP contribution < -0.4 is 0 Å². The summed E-state index contributed by atoms with van der Waals surface area (Å²) in [5.74, 6) is 0. The number of β-amino-alcohol motifs (C(OH)–C–C–N with tert-alkyl or cyclic N) is 1. The van der Waals surface area contributed by atoms with Crippen LogP contribution in [-0.4, -0.2) is 59.8 Å². The van der Waals surface area contributed by atoms with Crippen molar-refractivity contribution in [3.8, 4) is 0 Å². The molecule has 16 heavy (non-hydrogen) atoms. The summed E-state index contributed by atoms with van der Waals surface area (Å²) in [4.78, 5) is 5.11. The summed E-state index contributed by atoms with van der Waals surface area (Å²) in [5, 5.41) is 9.37. The molecule has 1 N–H and O–H groups in total. The predicted molar refractivity (Wildman–Crippen MR) is 66.6 cm³/mol. The lowest BCUT2D eigenvalue weighted by molar-refractivity contribution is 0.0657. The van der Waals surface area contributed by atoms with Crippen LogP contribution in [0.1, 0.15) is 39.0 Å². The molecule has 0 aromatic heterocycles. The normalized spacial score (nSPS) is 28.1. The minimum atomic E-state index is -0.175. The maximum absolute atomic E-state index is 9.37. The monoisotopic (exact) mass is 226 g/mol. The standard InChI is InChI=1S/C13H26N2O/c1-12(16)11-14-9-5-13(6-10-14)15-7-3-2-4-8-15/h12-13,16H,2-11H2,1H3. The Bertz CT molecular complexity index is 194. The van der Waals surface area contributed by atoms with Crippen molar-refractivity contribution in [2.24, 2.45) is 0 Å². The molecule has 1 unspecified atom stereocenters. The van der Waals surface area contributed by atoms with Crippen LogP contribution in [0.4, 0.5) is 0 Å². The highest BCUT2D eigenvalue weighted by Crippen LogP contribution is 2.20. The van der Waals surface area contributed by atoms with Gasteiger partial charge >= 0.3 is 0 Å². The number of rotatable bonds is 3. The van der Waals surface area contributed by atoms with Gasteiger partial charge in [0.1, 0.15) is 0 Å². The van der Waals surface area contributed by atoms with Crippen LogP contribution in [0, 0.1) is 0 Å². The minimum Gasteiger partial charge on any atom is -0.392 e. The van der Waals surface area contributed by atoms with Gasteiger partial charge in [-0.1, -0.05) is 6.42 Å². The van der Waals surface area contributed by atoms with Crippen molar-refractivity contribution in [1.82, 2.24) is 9.80 Å². The minimum absolute atomic E-state index is 0.175. The first-order valence-corrected chi connectivity index (χ1v) is 6.90. The average Bonchev–Trinajstić information content (AvgIpc) is 2.30. The topological polar surface area (TPSA) is 26.7 Å². The molecule has 0 aliphatic carbocycles. The van der Waals surface area contributed by atoms with Crippen molar-refractivity contribution in [2.75, 3.05) is 32.7 Å². The molecular formula is C13H26N2O. The van der Waals surface area contributed by atoms with Crippen LogP contribution in [-0.2, 0) is 0 Å². The number of hydrogen-bond donors (Lipinski definition) is 1. The fourth-order valence-corrected chi connectivity index (χ4v) is 3.12. The Labute approximate surface area is 99.4 Å². The van der Waals surface area contributed by atoms with E-state index in [1.165, 1.54) is 58.3 Å². The van der Waals surface area contributed by atoms with Gasteiger partial charge in [-0.2, -0.15) is 0 Å².